The molecule has 0 aromatic rings. The second-order valence-electron chi connectivity index (χ2n) is 11.2. The van der Waals surface area contributed by atoms with Gasteiger partial charge in [-0.15, -0.1) is 11.6 Å². The zero-order valence-corrected chi connectivity index (χ0v) is 21.6. The number of rotatable bonds is 4. The van der Waals surface area contributed by atoms with Crippen LogP contribution in [-0.4, -0.2) is 95.3 Å². The Morgan fingerprint density at radius 2 is 1.74 bits per heavy atom. The monoisotopic (exact) mass is 496 g/mol. The smallest absolute Gasteiger partial charge is 0.410 e. The molecule has 0 bridgehead atoms. The summed E-state index contributed by atoms with van der Waals surface area (Å²) in [6.45, 7) is 6.33. The molecule has 0 spiro atoms. The molecular weight excluding hydrogens is 456 g/mol. The van der Waals surface area contributed by atoms with Crippen molar-refractivity contribution >= 4 is 23.6 Å². The van der Waals surface area contributed by atoms with E-state index in [0.29, 0.717) is 30.8 Å². The van der Waals surface area contributed by atoms with Crippen LogP contribution in [0.15, 0.2) is 0 Å². The summed E-state index contributed by atoms with van der Waals surface area (Å²) >= 11 is 6.41. The Hall–Kier alpha value is -1.09. The van der Waals surface area contributed by atoms with Gasteiger partial charge in [0.1, 0.15) is 6.10 Å². The molecule has 34 heavy (non-hydrogen) atoms. The van der Waals surface area contributed by atoms with E-state index in [1.165, 1.54) is 12.8 Å². The van der Waals surface area contributed by atoms with Crippen LogP contribution in [-0.2, 0) is 14.3 Å². The molecule has 0 aromatic carbocycles. The lowest BCUT2D eigenvalue weighted by atomic mass is 9.73. The average molecular weight is 497 g/mol. The number of nitrogens with zero attached hydrogens (tertiary/aromatic N) is 3. The molecule has 0 aromatic heterocycles. The number of alkyl halides is 1. The fourth-order valence-corrected chi connectivity index (χ4v) is 7.38. The largest absolute Gasteiger partial charge is 0.443 e. The lowest BCUT2D eigenvalue weighted by Gasteiger charge is -2.54. The predicted molar refractivity (Wildman–Crippen MR) is 129 cm³/mol. The van der Waals surface area contributed by atoms with Crippen LogP contribution >= 0.6 is 11.6 Å². The van der Waals surface area contributed by atoms with Gasteiger partial charge in [-0.05, 0) is 63.7 Å². The SMILES string of the molecule is COC1CCC(Cl)CC1OC(=O)N1C[C@H](C)N(C(C)=O)C2CCC(C3CNN(C4CC4)C3)CC21. The van der Waals surface area contributed by atoms with Gasteiger partial charge in [0, 0.05) is 57.5 Å². The van der Waals surface area contributed by atoms with Crippen molar-refractivity contribution in [3.63, 3.8) is 0 Å². The zero-order valence-electron chi connectivity index (χ0n) is 20.8. The second kappa shape index (κ2) is 10.1. The molecule has 0 radical (unpaired) electrons. The van der Waals surface area contributed by atoms with Crippen molar-refractivity contribution in [1.29, 1.82) is 0 Å². The lowest BCUT2D eigenvalue weighted by Crippen LogP contribution is -2.67. The van der Waals surface area contributed by atoms with Gasteiger partial charge in [0.05, 0.1) is 18.2 Å². The Morgan fingerprint density at radius 3 is 2.44 bits per heavy atom. The first-order valence-corrected chi connectivity index (χ1v) is 13.7. The number of hydrogen-bond donors (Lipinski definition) is 1. The fraction of sp³-hybridized carbons (Fsp3) is 0.920. The highest BCUT2D eigenvalue weighted by Gasteiger charge is 2.49. The summed E-state index contributed by atoms with van der Waals surface area (Å²) in [5, 5.41) is 2.44. The number of ether oxygens (including phenoxy) is 2. The van der Waals surface area contributed by atoms with Gasteiger partial charge >= 0.3 is 6.09 Å². The molecule has 2 amide bonds. The van der Waals surface area contributed by atoms with E-state index >= 15 is 0 Å². The first-order valence-electron chi connectivity index (χ1n) is 13.3. The van der Waals surface area contributed by atoms with Crippen LogP contribution in [0.4, 0.5) is 4.79 Å². The van der Waals surface area contributed by atoms with Gasteiger partial charge < -0.3 is 19.3 Å². The number of nitrogens with one attached hydrogen (secondary N) is 1. The summed E-state index contributed by atoms with van der Waals surface area (Å²) in [4.78, 5) is 30.1. The van der Waals surface area contributed by atoms with Gasteiger partial charge in [-0.3, -0.25) is 10.2 Å². The Labute approximate surface area is 208 Å². The number of methoxy groups -OCH3 is 1. The summed E-state index contributed by atoms with van der Waals surface area (Å²) in [5.41, 5.74) is 3.61. The molecule has 2 heterocycles. The summed E-state index contributed by atoms with van der Waals surface area (Å²) < 4.78 is 11.7. The van der Waals surface area contributed by atoms with Crippen LogP contribution in [0.2, 0.25) is 0 Å². The van der Waals surface area contributed by atoms with Crippen molar-refractivity contribution in [2.75, 3.05) is 26.7 Å². The van der Waals surface area contributed by atoms with Gasteiger partial charge in [-0.2, -0.15) is 0 Å². The topological polar surface area (TPSA) is 74.3 Å². The zero-order chi connectivity index (χ0) is 24.0. The minimum absolute atomic E-state index is 0.00212. The number of hydrazine groups is 1. The summed E-state index contributed by atoms with van der Waals surface area (Å²) in [5.74, 6) is 1.24. The number of fused-ring (bicyclic) bond motifs is 1. The van der Waals surface area contributed by atoms with Crippen LogP contribution in [0.5, 0.6) is 0 Å². The maximum absolute atomic E-state index is 13.6. The minimum Gasteiger partial charge on any atom is -0.443 e. The Bertz CT molecular complexity index is 767. The van der Waals surface area contributed by atoms with E-state index in [1.54, 1.807) is 14.0 Å². The summed E-state index contributed by atoms with van der Waals surface area (Å²) in [6.07, 6.45) is 7.17. The van der Waals surface area contributed by atoms with E-state index in [-0.39, 0.29) is 47.7 Å². The van der Waals surface area contributed by atoms with Crippen LogP contribution in [0.25, 0.3) is 0 Å². The first kappa shape index (κ1) is 24.6. The maximum Gasteiger partial charge on any atom is 0.410 e. The molecule has 7 unspecified atom stereocenters. The highest BCUT2D eigenvalue weighted by molar-refractivity contribution is 6.20. The molecule has 3 aliphatic carbocycles. The Balaban J connectivity index is 1.31. The lowest BCUT2D eigenvalue weighted by molar-refractivity contribution is -0.143. The number of amides is 2. The van der Waals surface area contributed by atoms with Crippen molar-refractivity contribution in [2.24, 2.45) is 11.8 Å². The normalized spacial score (nSPS) is 41.3. The van der Waals surface area contributed by atoms with E-state index < -0.39 is 0 Å². The van der Waals surface area contributed by atoms with E-state index in [4.69, 9.17) is 21.1 Å². The quantitative estimate of drug-likeness (QED) is 0.603. The molecule has 5 rings (SSSR count). The molecule has 9 heteroatoms. The van der Waals surface area contributed by atoms with Crippen LogP contribution in [0.3, 0.4) is 0 Å². The van der Waals surface area contributed by atoms with Gasteiger partial charge in [0.2, 0.25) is 5.91 Å². The molecular formula is C25H41ClN4O4. The van der Waals surface area contributed by atoms with Crippen molar-refractivity contribution in [1.82, 2.24) is 20.2 Å². The number of carbonyl (C=O) groups excluding carboxylic acids is 2. The average Bonchev–Trinajstić information content (AvgIpc) is 3.54. The highest BCUT2D eigenvalue weighted by Crippen LogP contribution is 2.41. The Kier molecular flexibility index (Phi) is 7.32. The standard InChI is InChI=1S/C25H41ClN4O4/c1-15-13-28(25(32)34-24-11-19(26)5-9-23(24)33-3)22-10-17(4-8-21(22)30(15)16(2)31)18-12-27-29(14-18)20-6-7-20/h15,17-24,27H,4-14H2,1-3H3/t15-,17?,18?,19?,21?,22?,23?,24?/m0/s1. The minimum atomic E-state index is -0.320. The maximum atomic E-state index is 13.6. The highest BCUT2D eigenvalue weighted by atomic mass is 35.5. The van der Waals surface area contributed by atoms with Gasteiger partial charge in [-0.1, -0.05) is 0 Å². The second-order valence-corrected chi connectivity index (χ2v) is 11.9. The predicted octanol–water partition coefficient (Wildman–Crippen LogP) is 2.99. The third-order valence-corrected chi connectivity index (χ3v) is 9.37. The third-order valence-electron chi connectivity index (χ3n) is 8.98. The number of piperazine rings is 1. The fourth-order valence-electron chi connectivity index (χ4n) is 7.08. The molecule has 3 saturated carbocycles. The Morgan fingerprint density at radius 1 is 0.941 bits per heavy atom. The van der Waals surface area contributed by atoms with Crippen molar-refractivity contribution in [2.45, 2.75) is 107 Å². The summed E-state index contributed by atoms with van der Waals surface area (Å²) in [7, 11) is 1.68. The number of carbonyl (C=O) groups is 2. The van der Waals surface area contributed by atoms with Crippen LogP contribution < -0.4 is 5.43 Å². The first-order chi connectivity index (χ1) is 16.4. The van der Waals surface area contributed by atoms with Crippen molar-refractivity contribution in [3.05, 3.63) is 0 Å². The molecule has 5 aliphatic rings. The molecule has 5 fully saturated rings. The molecule has 2 aliphatic heterocycles. The third kappa shape index (κ3) is 4.93. The molecule has 8 nitrogen and oxygen atoms in total. The van der Waals surface area contributed by atoms with Gasteiger partial charge in [0.25, 0.3) is 0 Å². The van der Waals surface area contributed by atoms with Crippen LogP contribution in [0.1, 0.15) is 65.2 Å². The van der Waals surface area contributed by atoms with E-state index in [9.17, 15) is 9.59 Å². The van der Waals surface area contributed by atoms with Crippen LogP contribution in [0, 0.1) is 11.8 Å². The van der Waals surface area contributed by atoms with E-state index in [2.05, 4.69) is 10.4 Å². The number of halogens is 1. The molecule has 2 saturated heterocycles. The van der Waals surface area contributed by atoms with Crippen molar-refractivity contribution in [3.8, 4) is 0 Å². The molecule has 8 atom stereocenters. The number of hydrogen-bond acceptors (Lipinski definition) is 6. The van der Waals surface area contributed by atoms with Crippen molar-refractivity contribution < 1.29 is 19.1 Å². The van der Waals surface area contributed by atoms with E-state index in [0.717, 1.165) is 45.2 Å². The molecule has 1 N–H and O–H groups in total. The van der Waals surface area contributed by atoms with Gasteiger partial charge in [-0.25, -0.2) is 9.80 Å². The van der Waals surface area contributed by atoms with E-state index in [1.807, 2.05) is 16.7 Å². The molecule has 192 valence electrons. The van der Waals surface area contributed by atoms with Gasteiger partial charge in [0.15, 0.2) is 0 Å². The summed E-state index contributed by atoms with van der Waals surface area (Å²) in [6, 6.07) is 0.750.